The molecule has 9 nitrogen and oxygen atoms in total. The molecule has 1 aliphatic rings. The fraction of sp³-hybridized carbons (Fsp3) is 0.526. The molecule has 3 N–H and O–H groups in total. The molecule has 0 radical (unpaired) electrons. The number of anilines is 1. The Hall–Kier alpha value is -2.81. The minimum atomic E-state index is -0.963. The van der Waals surface area contributed by atoms with Gasteiger partial charge in [-0.15, -0.1) is 10.2 Å². The Morgan fingerprint density at radius 1 is 1.25 bits per heavy atom. The second-order valence-electron chi connectivity index (χ2n) is 7.65. The van der Waals surface area contributed by atoms with Crippen LogP contribution in [0.3, 0.4) is 0 Å². The van der Waals surface area contributed by atoms with E-state index in [9.17, 15) is 14.8 Å². The fourth-order valence-corrected chi connectivity index (χ4v) is 3.85. The molecule has 0 aliphatic heterocycles. The summed E-state index contributed by atoms with van der Waals surface area (Å²) in [5, 5.41) is 18.5. The smallest absolute Gasteiger partial charge is 0.264 e. The summed E-state index contributed by atoms with van der Waals surface area (Å²) in [7, 11) is 0. The van der Waals surface area contributed by atoms with Crippen LogP contribution in [0.2, 0.25) is 0 Å². The number of carbonyl (C=O) groups excluding carboxylic acids is 2. The van der Waals surface area contributed by atoms with Gasteiger partial charge in [-0.3, -0.25) is 25.6 Å². The highest BCUT2D eigenvalue weighted by Crippen LogP contribution is 2.32. The van der Waals surface area contributed by atoms with Gasteiger partial charge in [-0.25, -0.2) is 10.0 Å². The van der Waals surface area contributed by atoms with E-state index in [2.05, 4.69) is 33.0 Å². The molecule has 0 bridgehead atoms. The average Bonchev–Trinajstić information content (AvgIpc) is 2.68. The van der Waals surface area contributed by atoms with Gasteiger partial charge in [0.15, 0.2) is 0 Å². The number of aryl methyl sites for hydroxylation is 2. The van der Waals surface area contributed by atoms with Gasteiger partial charge in [0.2, 0.25) is 6.41 Å². The molecule has 1 aromatic carbocycles. The first-order valence-electron chi connectivity index (χ1n) is 9.49. The molecule has 150 valence electrons. The third kappa shape index (κ3) is 4.36. The molecule has 1 heterocycles. The van der Waals surface area contributed by atoms with E-state index in [-0.39, 0.29) is 18.3 Å². The summed E-state index contributed by atoms with van der Waals surface area (Å²) in [4.78, 5) is 28.1. The minimum Gasteiger partial charge on any atom is -0.285 e. The van der Waals surface area contributed by atoms with E-state index in [1.54, 1.807) is 0 Å². The molecule has 2 aromatic rings. The van der Waals surface area contributed by atoms with E-state index in [0.717, 1.165) is 36.8 Å². The molecule has 9 heteroatoms. The van der Waals surface area contributed by atoms with E-state index >= 15 is 0 Å². The number of hydroxylamine groups is 2. The monoisotopic (exact) mass is 386 g/mol. The molecule has 0 saturated heterocycles. The molecule has 0 spiro atoms. The van der Waals surface area contributed by atoms with Crippen LogP contribution in [0.4, 0.5) is 5.95 Å². The van der Waals surface area contributed by atoms with Crippen molar-refractivity contribution in [1.29, 1.82) is 0 Å². The summed E-state index contributed by atoms with van der Waals surface area (Å²) in [6.45, 7) is 6.07. The Balaban J connectivity index is 1.71. The lowest BCUT2D eigenvalue weighted by Gasteiger charge is -2.34. The second-order valence-corrected chi connectivity index (χ2v) is 7.65. The van der Waals surface area contributed by atoms with Gasteiger partial charge in [-0.1, -0.05) is 25.8 Å². The van der Waals surface area contributed by atoms with Gasteiger partial charge in [0, 0.05) is 0 Å². The summed E-state index contributed by atoms with van der Waals surface area (Å²) in [5.41, 5.74) is 8.53. The van der Waals surface area contributed by atoms with Crippen molar-refractivity contribution in [2.75, 3.05) is 5.43 Å². The third-order valence-electron chi connectivity index (χ3n) is 5.36. The number of hydrogen-bond acceptors (Lipinski definition) is 7. The number of hydrazine groups is 1. The highest BCUT2D eigenvalue weighted by molar-refractivity contribution is 5.84. The van der Waals surface area contributed by atoms with Crippen molar-refractivity contribution in [2.24, 2.45) is 11.8 Å². The predicted molar refractivity (Wildman–Crippen MR) is 103 cm³/mol. The van der Waals surface area contributed by atoms with Crippen molar-refractivity contribution in [3.8, 4) is 0 Å². The van der Waals surface area contributed by atoms with Crippen LogP contribution in [0.5, 0.6) is 0 Å². The first kappa shape index (κ1) is 19.9. The van der Waals surface area contributed by atoms with Crippen molar-refractivity contribution < 1.29 is 14.8 Å². The molecule has 1 atom stereocenters. The molecule has 2 amide bonds. The number of fused-ring (bicyclic) bond motifs is 1. The zero-order valence-corrected chi connectivity index (χ0v) is 16.3. The minimum absolute atomic E-state index is 0.103. The molecular formula is C19H26N6O3. The van der Waals surface area contributed by atoms with Crippen LogP contribution in [-0.2, 0) is 9.59 Å². The van der Waals surface area contributed by atoms with Crippen LogP contribution in [0.15, 0.2) is 12.1 Å². The largest absolute Gasteiger partial charge is 0.285 e. The zero-order chi connectivity index (χ0) is 20.3. The molecule has 1 aromatic heterocycles. The van der Waals surface area contributed by atoms with E-state index in [1.807, 2.05) is 26.0 Å². The second kappa shape index (κ2) is 8.47. The molecule has 28 heavy (non-hydrogen) atoms. The maximum atomic E-state index is 12.7. The van der Waals surface area contributed by atoms with Gasteiger partial charge in [-0.2, -0.15) is 0 Å². The number of hydrogen-bond donors (Lipinski definition) is 3. The highest BCUT2D eigenvalue weighted by Gasteiger charge is 2.35. The molecule has 3 rings (SSSR count). The van der Waals surface area contributed by atoms with Crippen molar-refractivity contribution in [2.45, 2.75) is 52.5 Å². The van der Waals surface area contributed by atoms with Gasteiger partial charge in [-0.05, 0) is 55.7 Å². The zero-order valence-electron chi connectivity index (χ0n) is 16.3. The quantitative estimate of drug-likeness (QED) is 0.395. The Bertz CT molecular complexity index is 866. The van der Waals surface area contributed by atoms with Gasteiger partial charge in [0.1, 0.15) is 11.6 Å². The molecule has 1 unspecified atom stereocenters. The van der Waals surface area contributed by atoms with E-state index < -0.39 is 11.9 Å². The lowest BCUT2D eigenvalue weighted by atomic mass is 9.79. The molecule has 1 saturated carbocycles. The Kier molecular flexibility index (Phi) is 6.03. The standard InChI is InChI=1S/C19H26N6O3/c1-11-4-6-14(7-5-11)17(25(28)10-26)18(27)22-24-19-20-16-13(3)8-12(2)9-15(16)21-23-19/h8-11,14,17,28H,4-7H2,1-3H3,(H,22,27)(H,20,23,24). The van der Waals surface area contributed by atoms with Crippen molar-refractivity contribution >= 4 is 29.3 Å². The number of rotatable bonds is 6. The van der Waals surface area contributed by atoms with Gasteiger partial charge in [0.05, 0.1) is 5.52 Å². The summed E-state index contributed by atoms with van der Waals surface area (Å²) >= 11 is 0. The number of carbonyl (C=O) groups is 2. The Labute approximate surface area is 163 Å². The summed E-state index contributed by atoms with van der Waals surface area (Å²) in [6.07, 6.45) is 3.74. The average molecular weight is 386 g/mol. The van der Waals surface area contributed by atoms with E-state index in [4.69, 9.17) is 0 Å². The highest BCUT2D eigenvalue weighted by atomic mass is 16.5. The number of nitrogens with zero attached hydrogens (tertiary/aromatic N) is 4. The fourth-order valence-electron chi connectivity index (χ4n) is 3.85. The summed E-state index contributed by atoms with van der Waals surface area (Å²) in [6, 6.07) is 2.92. The van der Waals surface area contributed by atoms with Gasteiger partial charge >= 0.3 is 0 Å². The first-order valence-corrected chi connectivity index (χ1v) is 9.49. The normalized spacial score (nSPS) is 20.4. The van der Waals surface area contributed by atoms with E-state index in [0.29, 0.717) is 22.0 Å². The first-order chi connectivity index (χ1) is 13.4. The molecular weight excluding hydrogens is 360 g/mol. The maximum absolute atomic E-state index is 12.7. The number of benzene rings is 1. The number of nitrogens with one attached hydrogen (secondary N) is 2. The molecule has 1 fully saturated rings. The van der Waals surface area contributed by atoms with Crippen molar-refractivity contribution in [3.05, 3.63) is 23.3 Å². The predicted octanol–water partition coefficient (Wildman–Crippen LogP) is 2.13. The topological polar surface area (TPSA) is 120 Å². The lowest BCUT2D eigenvalue weighted by molar-refractivity contribution is -0.173. The van der Waals surface area contributed by atoms with E-state index in [1.165, 1.54) is 0 Å². The van der Waals surface area contributed by atoms with Crippen LogP contribution in [0.1, 0.15) is 43.7 Å². The summed E-state index contributed by atoms with van der Waals surface area (Å²) in [5.74, 6) is 0.109. The van der Waals surface area contributed by atoms with Crippen LogP contribution in [-0.4, -0.2) is 43.8 Å². The SMILES string of the molecule is Cc1cc(C)c2nc(NNC(=O)C(C3CCC(C)CC3)N(O)C=O)nnc2c1. The maximum Gasteiger partial charge on any atom is 0.264 e. The Morgan fingerprint density at radius 3 is 2.64 bits per heavy atom. The Morgan fingerprint density at radius 2 is 1.96 bits per heavy atom. The van der Waals surface area contributed by atoms with Crippen molar-refractivity contribution in [1.82, 2.24) is 25.7 Å². The third-order valence-corrected chi connectivity index (χ3v) is 5.36. The van der Waals surface area contributed by atoms with Crippen LogP contribution >= 0.6 is 0 Å². The van der Waals surface area contributed by atoms with Crippen LogP contribution < -0.4 is 10.9 Å². The summed E-state index contributed by atoms with van der Waals surface area (Å²) < 4.78 is 0. The number of aromatic nitrogens is 3. The lowest BCUT2D eigenvalue weighted by Crippen LogP contribution is -2.51. The van der Waals surface area contributed by atoms with Gasteiger partial charge < -0.3 is 0 Å². The van der Waals surface area contributed by atoms with Gasteiger partial charge in [0.25, 0.3) is 11.9 Å². The molecule has 1 aliphatic carbocycles. The van der Waals surface area contributed by atoms with Crippen molar-refractivity contribution in [3.63, 3.8) is 0 Å². The van der Waals surface area contributed by atoms with Crippen LogP contribution in [0.25, 0.3) is 11.0 Å². The van der Waals surface area contributed by atoms with Crippen LogP contribution in [0, 0.1) is 25.7 Å². The number of amides is 2.